The average Bonchev–Trinajstić information content (AvgIpc) is 0.722. The smallest absolute Gasteiger partial charge is 0.822 e. The van der Waals surface area contributed by atoms with E-state index in [1.165, 1.54) is 0 Å². The predicted octanol–water partition coefficient (Wildman–Crippen LogP) is -3.59. The van der Waals surface area contributed by atoms with Gasteiger partial charge in [-0.15, -0.1) is 0 Å². The van der Waals surface area contributed by atoms with Crippen LogP contribution in [0.5, 0.6) is 0 Å². The van der Waals surface area contributed by atoms with Gasteiger partial charge in [-0.1, -0.05) is 0 Å². The standard InChI is InChI=1S/Al.Ba.H3O4P.Zr/c;;1-5(2,3)4;/h;;(H3,1,2,3,4);/q+3;+2;;+2/p-3. The minimum absolute atomic E-state index is 0. The van der Waals surface area contributed by atoms with Crippen molar-refractivity contribution in [2.45, 2.75) is 0 Å². The summed E-state index contributed by atoms with van der Waals surface area (Å²) in [5.41, 5.74) is 0. The van der Waals surface area contributed by atoms with Gasteiger partial charge in [0.1, 0.15) is 0 Å². The van der Waals surface area contributed by atoms with Gasteiger partial charge in [0.15, 0.2) is 0 Å². The maximum absolute atomic E-state index is 8.55. The second-order valence-electron chi connectivity index (χ2n) is 0.447. The van der Waals surface area contributed by atoms with Gasteiger partial charge in [0.25, 0.3) is 0 Å². The molecule has 0 aliphatic rings. The molecule has 0 spiro atoms. The van der Waals surface area contributed by atoms with E-state index in [0.717, 1.165) is 0 Å². The molecule has 0 aliphatic heterocycles. The SMILES string of the molecule is O=P([O-])([O-])[O-].[Al+3].[Ba+2].[Zr+2]. The Bertz CT molecular complexity index is 62.2. The van der Waals surface area contributed by atoms with E-state index in [4.69, 9.17) is 19.2 Å². The van der Waals surface area contributed by atoms with Gasteiger partial charge in [-0.3, -0.25) is 0 Å². The number of hydrogen-bond acceptors (Lipinski definition) is 4. The zero-order valence-corrected chi connectivity index (χ0v) is 12.8. The fourth-order valence-electron chi connectivity index (χ4n) is 0. The Hall–Kier alpha value is 3.10. The Balaban J connectivity index is -0.0000000267. The second kappa shape index (κ2) is 10.1. The average molecular weight is 351 g/mol. The van der Waals surface area contributed by atoms with E-state index >= 15 is 0 Å². The third-order valence-electron chi connectivity index (χ3n) is 0. The van der Waals surface area contributed by atoms with Crippen molar-refractivity contribution in [2.75, 3.05) is 0 Å². The first kappa shape index (κ1) is 22.5. The fourth-order valence-corrected chi connectivity index (χ4v) is 0. The van der Waals surface area contributed by atoms with Crippen molar-refractivity contribution in [3.8, 4) is 0 Å². The van der Waals surface area contributed by atoms with Crippen molar-refractivity contribution < 1.29 is 45.4 Å². The van der Waals surface area contributed by atoms with Gasteiger partial charge in [-0.2, -0.15) is 7.82 Å². The third-order valence-corrected chi connectivity index (χ3v) is 0. The van der Waals surface area contributed by atoms with Crippen molar-refractivity contribution in [1.82, 2.24) is 0 Å². The van der Waals surface area contributed by atoms with E-state index in [1.54, 1.807) is 0 Å². The topological polar surface area (TPSA) is 86.2 Å². The number of rotatable bonds is 0. The summed E-state index contributed by atoms with van der Waals surface area (Å²) >= 11 is 0. The molecule has 0 radical (unpaired) electrons. The van der Waals surface area contributed by atoms with Gasteiger partial charge in [0, 0.05) is 0 Å². The van der Waals surface area contributed by atoms with Crippen LogP contribution in [0.2, 0.25) is 0 Å². The summed E-state index contributed by atoms with van der Waals surface area (Å²) < 4.78 is 8.55. The van der Waals surface area contributed by atoms with Crippen LogP contribution >= 0.6 is 7.82 Å². The molecular weight excluding hydrogens is 351 g/mol. The molecule has 4 nitrogen and oxygen atoms in total. The summed E-state index contributed by atoms with van der Waals surface area (Å²) in [7, 11) is -5.39. The summed E-state index contributed by atoms with van der Waals surface area (Å²) in [6, 6.07) is 0. The maximum Gasteiger partial charge on any atom is 3.00 e. The molecule has 8 heavy (non-hydrogen) atoms. The van der Waals surface area contributed by atoms with Crippen LogP contribution in [-0.4, -0.2) is 66.2 Å². The van der Waals surface area contributed by atoms with Gasteiger partial charge < -0.3 is 19.2 Å². The van der Waals surface area contributed by atoms with Gasteiger partial charge >= 0.3 is 92.4 Å². The van der Waals surface area contributed by atoms with Crippen LogP contribution in [0.3, 0.4) is 0 Å². The molecule has 0 aromatic rings. The van der Waals surface area contributed by atoms with Crippen LogP contribution < -0.4 is 14.7 Å². The summed E-state index contributed by atoms with van der Waals surface area (Å²) in [4.78, 5) is 25.6. The molecule has 34 valence electrons. The molecule has 0 unspecified atom stereocenters. The Morgan fingerprint density at radius 3 is 1.12 bits per heavy atom. The number of phosphoric acid groups is 1. The molecular formula is AlBaO4PZr+4. The zero-order valence-electron chi connectivity index (χ0n) is 3.86. The summed E-state index contributed by atoms with van der Waals surface area (Å²) in [5.74, 6) is 0. The van der Waals surface area contributed by atoms with Crippen molar-refractivity contribution in [3.63, 3.8) is 0 Å². The van der Waals surface area contributed by atoms with Crippen molar-refractivity contribution in [1.29, 1.82) is 0 Å². The quantitative estimate of drug-likeness (QED) is 0.334. The summed E-state index contributed by atoms with van der Waals surface area (Å²) in [6.07, 6.45) is 0. The second-order valence-corrected chi connectivity index (χ2v) is 1.34. The van der Waals surface area contributed by atoms with E-state index in [-0.39, 0.29) is 92.4 Å². The summed E-state index contributed by atoms with van der Waals surface area (Å²) in [5, 5.41) is 0. The minimum atomic E-state index is -5.39. The molecule has 8 heteroatoms. The Kier molecular flexibility index (Phi) is 28.3. The van der Waals surface area contributed by atoms with Crippen molar-refractivity contribution in [2.24, 2.45) is 0 Å². The fraction of sp³-hybridized carbons (Fsp3) is 0. The van der Waals surface area contributed by atoms with E-state index in [9.17, 15) is 0 Å². The first-order valence-electron chi connectivity index (χ1n) is 0.730. The van der Waals surface area contributed by atoms with E-state index in [1.807, 2.05) is 0 Å². The normalized spacial score (nSPS) is 7.38. The Labute approximate surface area is 117 Å². The zero-order chi connectivity index (χ0) is 4.50. The van der Waals surface area contributed by atoms with Crippen LogP contribution in [0.25, 0.3) is 0 Å². The van der Waals surface area contributed by atoms with Gasteiger partial charge in [0.05, 0.1) is 0 Å². The van der Waals surface area contributed by atoms with Gasteiger partial charge in [-0.25, -0.2) is 0 Å². The molecule has 0 aromatic carbocycles. The molecule has 0 N–H and O–H groups in total. The molecule has 0 amide bonds. The molecule has 0 saturated heterocycles. The Morgan fingerprint density at radius 1 is 1.12 bits per heavy atom. The first-order valence-corrected chi connectivity index (χ1v) is 2.19. The third kappa shape index (κ3) is 62.2. The van der Waals surface area contributed by atoms with Crippen LogP contribution in [0.4, 0.5) is 0 Å². The Morgan fingerprint density at radius 2 is 1.12 bits per heavy atom. The van der Waals surface area contributed by atoms with Crippen molar-refractivity contribution >= 4 is 74.1 Å². The molecule has 0 saturated carbocycles. The monoisotopic (exact) mass is 350 g/mol. The maximum atomic E-state index is 8.55. The van der Waals surface area contributed by atoms with E-state index in [2.05, 4.69) is 0 Å². The van der Waals surface area contributed by atoms with E-state index in [0.29, 0.717) is 0 Å². The molecule has 0 heterocycles. The first-order chi connectivity index (χ1) is 2.00. The molecule has 0 aromatic heterocycles. The minimum Gasteiger partial charge on any atom is -0.822 e. The molecule has 0 fully saturated rings. The van der Waals surface area contributed by atoms with Crippen LogP contribution in [-0.2, 0) is 30.8 Å². The molecule has 0 atom stereocenters. The van der Waals surface area contributed by atoms with Crippen molar-refractivity contribution in [3.05, 3.63) is 0 Å². The van der Waals surface area contributed by atoms with Crippen LogP contribution in [0, 0.1) is 0 Å². The van der Waals surface area contributed by atoms with Gasteiger partial charge in [0.2, 0.25) is 0 Å². The van der Waals surface area contributed by atoms with Crippen LogP contribution in [0.15, 0.2) is 0 Å². The molecule has 0 aliphatic carbocycles. The number of hydrogen-bond donors (Lipinski definition) is 0. The van der Waals surface area contributed by atoms with Crippen LogP contribution in [0.1, 0.15) is 0 Å². The molecule has 0 rings (SSSR count). The van der Waals surface area contributed by atoms with E-state index < -0.39 is 7.82 Å². The molecule has 0 bridgehead atoms. The predicted molar refractivity (Wildman–Crippen MR) is 19.1 cm³/mol. The summed E-state index contributed by atoms with van der Waals surface area (Å²) in [6.45, 7) is 0. The largest absolute Gasteiger partial charge is 3.00 e. The van der Waals surface area contributed by atoms with Gasteiger partial charge in [-0.05, 0) is 0 Å².